The zero-order valence-corrected chi connectivity index (χ0v) is 36.3. The van der Waals surface area contributed by atoms with Gasteiger partial charge in [0.1, 0.15) is 18.0 Å². The molecule has 59 heavy (non-hydrogen) atoms. The molecule has 1 aromatic heterocycles. The quantitative estimate of drug-likeness (QED) is 0.131. The molecule has 5 atom stereocenters. The van der Waals surface area contributed by atoms with Gasteiger partial charge in [0.2, 0.25) is 10.0 Å². The van der Waals surface area contributed by atoms with E-state index in [9.17, 15) is 27.9 Å². The minimum Gasteiger partial charge on any atom is -0.497 e. The molecule has 2 aliphatic heterocycles. The Hall–Kier alpha value is -4.06. The number of nitrogens with one attached hydrogen (secondary N) is 2. The lowest BCUT2D eigenvalue weighted by molar-refractivity contribution is -0.192. The zero-order chi connectivity index (χ0) is 42.5. The first-order chi connectivity index (χ1) is 28.0. The average Bonchev–Trinajstić information content (AvgIpc) is 3.85. The molecule has 2 aromatic carbocycles. The summed E-state index contributed by atoms with van der Waals surface area (Å²) in [6.07, 6.45) is 0.811. The molecule has 0 saturated carbocycles. The summed E-state index contributed by atoms with van der Waals surface area (Å²) < 4.78 is 59.0. The third-order valence-corrected chi connectivity index (χ3v) is 14.4. The van der Waals surface area contributed by atoms with Gasteiger partial charge in [-0.3, -0.25) is 4.79 Å². The third kappa shape index (κ3) is 10.6. The SMILES string of the molecule is COc1ccc(S(=O)(=O)N(CC(C)C)C[C@@H](OC(C)=O)[C@H](Cc2ccccc2)NC(=O)O[C@H]2CO[C@@]3(CNCc4sc5c(c4C(=O)O)CC(C)(C)CC5)OCC[C@@H]23)cc1. The van der Waals surface area contributed by atoms with Gasteiger partial charge in [-0.1, -0.05) is 58.0 Å². The average molecular weight is 856 g/mol. The number of nitrogens with zero attached hydrogens (tertiary/aromatic N) is 1. The Balaban J connectivity index is 1.17. The van der Waals surface area contributed by atoms with Crippen molar-refractivity contribution < 1.29 is 51.6 Å². The number of sulfonamides is 1. The van der Waals surface area contributed by atoms with Gasteiger partial charge in [0, 0.05) is 29.8 Å². The van der Waals surface area contributed by atoms with Crippen molar-refractivity contribution in [2.75, 3.05) is 40.0 Å². The number of ether oxygens (including phenoxy) is 5. The first kappa shape index (κ1) is 44.5. The van der Waals surface area contributed by atoms with Crippen molar-refractivity contribution in [1.82, 2.24) is 14.9 Å². The summed E-state index contributed by atoms with van der Waals surface area (Å²) in [5.41, 5.74) is 2.19. The van der Waals surface area contributed by atoms with Gasteiger partial charge >= 0.3 is 18.0 Å². The van der Waals surface area contributed by atoms with Crippen LogP contribution in [0.25, 0.3) is 0 Å². The highest BCUT2D eigenvalue weighted by molar-refractivity contribution is 7.89. The second kappa shape index (κ2) is 18.7. The van der Waals surface area contributed by atoms with Crippen LogP contribution in [0.1, 0.15) is 78.7 Å². The number of benzene rings is 2. The standard InChI is InChI=1S/C43H57N3O11S2/c1-27(2)23-46(59(51,52)31-14-12-30(53-6)13-15-31)24-35(56-28(3)47)34(20-29-10-8-7-9-11-29)45-41(50)57-36-25-55-43(33(36)17-19-54-43)26-44-22-38-39(40(48)49)32-21-42(4,5)18-16-37(32)58-38/h7-15,27,33-36,44H,16-26H2,1-6H3,(H,45,50)(H,48,49)/t33-,34-,35+,36-,43+/m0/s1. The number of hydrogen-bond acceptors (Lipinski definition) is 12. The van der Waals surface area contributed by atoms with Crippen LogP contribution in [-0.4, -0.2) is 99.9 Å². The van der Waals surface area contributed by atoms with Crippen LogP contribution in [0.2, 0.25) is 0 Å². The first-order valence-electron chi connectivity index (χ1n) is 20.2. The van der Waals surface area contributed by atoms with Crippen LogP contribution in [-0.2, 0) is 59.6 Å². The van der Waals surface area contributed by atoms with Crippen molar-refractivity contribution >= 4 is 39.4 Å². The number of methoxy groups -OCH3 is 1. The van der Waals surface area contributed by atoms with E-state index >= 15 is 0 Å². The minimum atomic E-state index is -4.08. The summed E-state index contributed by atoms with van der Waals surface area (Å²) in [5.74, 6) is -2.53. The lowest BCUT2D eigenvalue weighted by Crippen LogP contribution is -2.53. The number of rotatable bonds is 18. The molecule has 3 heterocycles. The molecular weight excluding hydrogens is 799 g/mol. The van der Waals surface area contributed by atoms with Crippen LogP contribution in [0.15, 0.2) is 59.5 Å². The normalized spacial score (nSPS) is 22.0. The molecule has 1 amide bonds. The Bertz CT molecular complexity index is 2060. The molecule has 0 bridgehead atoms. The Morgan fingerprint density at radius 2 is 1.78 bits per heavy atom. The number of fused-ring (bicyclic) bond motifs is 2. The lowest BCUT2D eigenvalue weighted by atomic mass is 9.76. The number of amides is 1. The largest absolute Gasteiger partial charge is 0.497 e. The predicted octanol–water partition coefficient (Wildman–Crippen LogP) is 5.81. The van der Waals surface area contributed by atoms with Crippen LogP contribution >= 0.6 is 11.3 Å². The second-order valence-electron chi connectivity index (χ2n) is 16.8. The van der Waals surface area contributed by atoms with Crippen molar-refractivity contribution in [3.8, 4) is 5.75 Å². The third-order valence-electron chi connectivity index (χ3n) is 11.3. The Morgan fingerprint density at radius 1 is 1.05 bits per heavy atom. The fourth-order valence-electron chi connectivity index (χ4n) is 8.39. The van der Waals surface area contributed by atoms with Gasteiger partial charge in [-0.2, -0.15) is 4.31 Å². The number of thiophene rings is 1. The molecule has 6 rings (SSSR count). The Kier molecular flexibility index (Phi) is 14.1. The summed E-state index contributed by atoms with van der Waals surface area (Å²) in [7, 11) is -2.59. The van der Waals surface area contributed by atoms with Gasteiger partial charge in [-0.15, -0.1) is 11.3 Å². The first-order valence-corrected chi connectivity index (χ1v) is 22.4. The van der Waals surface area contributed by atoms with E-state index in [2.05, 4.69) is 24.5 Å². The van der Waals surface area contributed by atoms with E-state index in [1.165, 1.54) is 30.5 Å². The molecule has 16 heteroatoms. The second-order valence-corrected chi connectivity index (χ2v) is 20.0. The highest BCUT2D eigenvalue weighted by Crippen LogP contribution is 2.44. The fourth-order valence-corrected chi connectivity index (χ4v) is 11.3. The van der Waals surface area contributed by atoms with Crippen molar-refractivity contribution in [2.24, 2.45) is 17.3 Å². The summed E-state index contributed by atoms with van der Waals surface area (Å²) >= 11 is 1.55. The number of aryl methyl sites for hydroxylation is 1. The van der Waals surface area contributed by atoms with E-state index < -0.39 is 52.1 Å². The van der Waals surface area contributed by atoms with Crippen LogP contribution in [0, 0.1) is 17.3 Å². The summed E-state index contributed by atoms with van der Waals surface area (Å²) in [6, 6.07) is 14.5. The van der Waals surface area contributed by atoms with E-state index in [-0.39, 0.29) is 54.8 Å². The molecule has 14 nitrogen and oxygen atoms in total. The van der Waals surface area contributed by atoms with E-state index in [0.717, 1.165) is 40.1 Å². The van der Waals surface area contributed by atoms with Gasteiger partial charge in [0.15, 0.2) is 5.79 Å². The number of hydrogen-bond donors (Lipinski definition) is 3. The van der Waals surface area contributed by atoms with Crippen LogP contribution in [0.5, 0.6) is 5.75 Å². The van der Waals surface area contributed by atoms with Gasteiger partial charge in [0.05, 0.1) is 55.8 Å². The predicted molar refractivity (Wildman–Crippen MR) is 221 cm³/mol. The van der Waals surface area contributed by atoms with Crippen molar-refractivity contribution in [1.29, 1.82) is 0 Å². The number of carboxylic acids is 1. The molecule has 1 aliphatic carbocycles. The molecule has 0 spiro atoms. The van der Waals surface area contributed by atoms with Crippen molar-refractivity contribution in [2.45, 2.75) is 102 Å². The number of carbonyl (C=O) groups is 3. The number of carboxylic acid groups (broad SMARTS) is 1. The summed E-state index contributed by atoms with van der Waals surface area (Å²) in [6.45, 7) is 10.3. The Labute approximate surface area is 350 Å². The van der Waals surface area contributed by atoms with E-state index in [1.54, 1.807) is 23.5 Å². The maximum Gasteiger partial charge on any atom is 0.407 e. The van der Waals surface area contributed by atoms with Crippen molar-refractivity contribution in [3.63, 3.8) is 0 Å². The Morgan fingerprint density at radius 3 is 2.44 bits per heavy atom. The van der Waals surface area contributed by atoms with Crippen LogP contribution < -0.4 is 15.4 Å². The molecule has 0 radical (unpaired) electrons. The van der Waals surface area contributed by atoms with Gasteiger partial charge in [-0.05, 0) is 78.8 Å². The van der Waals surface area contributed by atoms with E-state index in [4.69, 9.17) is 23.7 Å². The molecule has 2 saturated heterocycles. The smallest absolute Gasteiger partial charge is 0.407 e. The van der Waals surface area contributed by atoms with E-state index in [1.807, 2.05) is 44.2 Å². The molecule has 3 N–H and O–H groups in total. The molecule has 3 aliphatic rings. The molecule has 322 valence electrons. The van der Waals surface area contributed by atoms with Crippen LogP contribution in [0.4, 0.5) is 4.79 Å². The number of carbonyl (C=O) groups excluding carboxylic acids is 2. The molecule has 3 aromatic rings. The summed E-state index contributed by atoms with van der Waals surface area (Å²) in [5, 5.41) is 16.5. The molecule has 2 fully saturated rings. The van der Waals surface area contributed by atoms with Crippen molar-refractivity contribution in [3.05, 3.63) is 81.0 Å². The van der Waals surface area contributed by atoms with Gasteiger partial charge in [0.25, 0.3) is 0 Å². The minimum absolute atomic E-state index is 0.0430. The molecule has 0 unspecified atom stereocenters. The highest BCUT2D eigenvalue weighted by Gasteiger charge is 2.56. The number of aromatic carboxylic acids is 1. The number of alkyl carbamates (subject to hydrolysis) is 1. The highest BCUT2D eigenvalue weighted by atomic mass is 32.2. The van der Waals surface area contributed by atoms with Crippen LogP contribution in [0.3, 0.4) is 0 Å². The fraction of sp³-hybridized carbons (Fsp3) is 0.558. The maximum absolute atomic E-state index is 14.1. The van der Waals surface area contributed by atoms with Gasteiger partial charge in [-0.25, -0.2) is 18.0 Å². The van der Waals surface area contributed by atoms with E-state index in [0.29, 0.717) is 30.9 Å². The topological polar surface area (TPSA) is 179 Å². The summed E-state index contributed by atoms with van der Waals surface area (Å²) in [4.78, 5) is 40.9. The number of esters is 1. The van der Waals surface area contributed by atoms with Gasteiger partial charge < -0.3 is 39.4 Å². The maximum atomic E-state index is 14.1. The lowest BCUT2D eigenvalue weighted by Gasteiger charge is -2.33. The zero-order valence-electron chi connectivity index (χ0n) is 34.7. The monoisotopic (exact) mass is 855 g/mol. The molecular formula is C43H57N3O11S2.